The van der Waals surface area contributed by atoms with E-state index < -0.39 is 0 Å². The predicted molar refractivity (Wildman–Crippen MR) is 72.7 cm³/mol. The van der Waals surface area contributed by atoms with E-state index in [0.717, 1.165) is 25.1 Å². The molecule has 1 saturated heterocycles. The number of likely N-dealkylation sites (tertiary alicyclic amines) is 1. The van der Waals surface area contributed by atoms with Crippen molar-refractivity contribution in [2.75, 3.05) is 13.1 Å². The maximum absolute atomic E-state index is 12.7. The molecule has 18 heavy (non-hydrogen) atoms. The first-order valence-electron chi connectivity index (χ1n) is 6.44. The first kappa shape index (κ1) is 13.1. The fraction of sp³-hybridized carbons (Fsp3) is 0.500. The van der Waals surface area contributed by atoms with Crippen molar-refractivity contribution >= 4 is 0 Å². The van der Waals surface area contributed by atoms with Crippen LogP contribution in [0.15, 0.2) is 24.3 Å². The number of benzene rings is 1. The summed E-state index contributed by atoms with van der Waals surface area (Å²) in [6.07, 6.45) is 0.934. The molecule has 0 spiro atoms. The Balaban J connectivity index is 1.79. The van der Waals surface area contributed by atoms with Gasteiger partial charge in [-0.25, -0.2) is 4.39 Å². The van der Waals surface area contributed by atoms with E-state index in [-0.39, 0.29) is 11.4 Å². The van der Waals surface area contributed by atoms with E-state index in [1.165, 1.54) is 12.1 Å². The summed E-state index contributed by atoms with van der Waals surface area (Å²) in [7, 11) is 0. The van der Waals surface area contributed by atoms with Crippen molar-refractivity contribution in [1.82, 2.24) is 4.90 Å². The van der Waals surface area contributed by atoms with Crippen LogP contribution in [-0.4, -0.2) is 23.5 Å². The molecule has 0 atom stereocenters. The molecule has 1 fully saturated rings. The molecule has 1 aliphatic heterocycles. The third kappa shape index (κ3) is 3.34. The van der Waals surface area contributed by atoms with Gasteiger partial charge in [-0.2, -0.15) is 0 Å². The third-order valence-electron chi connectivity index (χ3n) is 3.37. The zero-order valence-electron chi connectivity index (χ0n) is 11.3. The van der Waals surface area contributed by atoms with Gasteiger partial charge in [-0.1, -0.05) is 11.8 Å². The zero-order valence-corrected chi connectivity index (χ0v) is 11.3. The van der Waals surface area contributed by atoms with Gasteiger partial charge in [-0.05, 0) is 51.0 Å². The van der Waals surface area contributed by atoms with E-state index in [1.807, 2.05) is 0 Å². The van der Waals surface area contributed by atoms with E-state index in [2.05, 4.69) is 37.5 Å². The van der Waals surface area contributed by atoms with Crippen LogP contribution in [0.25, 0.3) is 0 Å². The summed E-state index contributed by atoms with van der Waals surface area (Å²) in [4.78, 5) is 2.47. The first-order valence-corrected chi connectivity index (χ1v) is 6.44. The first-order chi connectivity index (χ1) is 8.45. The number of nitrogens with zero attached hydrogens (tertiary/aromatic N) is 1. The van der Waals surface area contributed by atoms with Crippen molar-refractivity contribution < 1.29 is 4.39 Å². The van der Waals surface area contributed by atoms with Gasteiger partial charge in [0.25, 0.3) is 0 Å². The lowest BCUT2D eigenvalue weighted by atomic mass is 9.90. The molecule has 0 amide bonds. The summed E-state index contributed by atoms with van der Waals surface area (Å²) >= 11 is 0. The summed E-state index contributed by atoms with van der Waals surface area (Å²) < 4.78 is 12.7. The second kappa shape index (κ2) is 5.12. The van der Waals surface area contributed by atoms with E-state index in [9.17, 15) is 4.39 Å². The quantitative estimate of drug-likeness (QED) is 0.686. The summed E-state index contributed by atoms with van der Waals surface area (Å²) in [5.41, 5.74) is 1.17. The van der Waals surface area contributed by atoms with Gasteiger partial charge in [0.15, 0.2) is 0 Å². The van der Waals surface area contributed by atoms with Crippen LogP contribution < -0.4 is 0 Å². The summed E-state index contributed by atoms with van der Waals surface area (Å²) in [5, 5.41) is 0. The van der Waals surface area contributed by atoms with Gasteiger partial charge in [0.05, 0.1) is 0 Å². The van der Waals surface area contributed by atoms with Gasteiger partial charge in [-0.15, -0.1) is 0 Å². The topological polar surface area (TPSA) is 3.24 Å². The van der Waals surface area contributed by atoms with Gasteiger partial charge in [-0.3, -0.25) is 4.90 Å². The van der Waals surface area contributed by atoms with Gasteiger partial charge in [0.1, 0.15) is 5.82 Å². The molecular formula is C16H20FN. The lowest BCUT2D eigenvalue weighted by Crippen LogP contribution is -2.55. The molecule has 1 heterocycles. The van der Waals surface area contributed by atoms with Crippen LogP contribution in [0.2, 0.25) is 0 Å². The second-order valence-corrected chi connectivity index (χ2v) is 5.95. The van der Waals surface area contributed by atoms with Crippen LogP contribution in [0.5, 0.6) is 0 Å². The molecule has 1 aromatic rings. The average Bonchev–Trinajstić information content (AvgIpc) is 2.22. The highest BCUT2D eigenvalue weighted by atomic mass is 19.1. The minimum absolute atomic E-state index is 0.208. The van der Waals surface area contributed by atoms with Gasteiger partial charge < -0.3 is 0 Å². The van der Waals surface area contributed by atoms with Crippen LogP contribution in [0.3, 0.4) is 0 Å². The molecule has 0 radical (unpaired) electrons. The Kier molecular flexibility index (Phi) is 3.73. The standard InChI is InChI=1S/C16H20FN/c1-16(2,3)18-11-14(12-18)6-4-5-13-7-9-15(17)10-8-13/h7-10,14H,6,11-12H2,1-3H3. The molecule has 0 aromatic heterocycles. The van der Waals surface area contributed by atoms with Crippen LogP contribution in [0.1, 0.15) is 32.8 Å². The molecule has 96 valence electrons. The highest BCUT2D eigenvalue weighted by Gasteiger charge is 2.33. The van der Waals surface area contributed by atoms with Crippen LogP contribution >= 0.6 is 0 Å². The van der Waals surface area contributed by atoms with Crippen LogP contribution in [0, 0.1) is 23.6 Å². The van der Waals surface area contributed by atoms with Crippen molar-refractivity contribution in [3.8, 4) is 11.8 Å². The normalized spacial score (nSPS) is 16.9. The van der Waals surface area contributed by atoms with Crippen LogP contribution in [0.4, 0.5) is 4.39 Å². The number of rotatable bonds is 1. The molecule has 0 N–H and O–H groups in total. The van der Waals surface area contributed by atoms with Gasteiger partial charge >= 0.3 is 0 Å². The van der Waals surface area contributed by atoms with E-state index in [1.54, 1.807) is 12.1 Å². The van der Waals surface area contributed by atoms with E-state index >= 15 is 0 Å². The smallest absolute Gasteiger partial charge is 0.123 e. The summed E-state index contributed by atoms with van der Waals surface area (Å²) in [6, 6.07) is 6.36. The molecule has 0 saturated carbocycles. The Bertz CT molecular complexity index is 453. The predicted octanol–water partition coefficient (Wildman–Crippen LogP) is 3.30. The van der Waals surface area contributed by atoms with Gasteiger partial charge in [0, 0.05) is 30.6 Å². The highest BCUT2D eigenvalue weighted by molar-refractivity contribution is 5.34. The maximum atomic E-state index is 12.7. The van der Waals surface area contributed by atoms with Crippen molar-refractivity contribution in [2.45, 2.75) is 32.7 Å². The maximum Gasteiger partial charge on any atom is 0.123 e. The Labute approximate surface area is 109 Å². The molecule has 1 aliphatic rings. The molecular weight excluding hydrogens is 225 g/mol. The number of hydrogen-bond acceptors (Lipinski definition) is 1. The van der Waals surface area contributed by atoms with Crippen molar-refractivity contribution in [3.05, 3.63) is 35.6 Å². The minimum Gasteiger partial charge on any atom is -0.298 e. The number of halogens is 1. The lowest BCUT2D eigenvalue weighted by molar-refractivity contribution is 0.0165. The zero-order chi connectivity index (χ0) is 13.2. The van der Waals surface area contributed by atoms with E-state index in [0.29, 0.717) is 5.92 Å². The molecule has 2 rings (SSSR count). The Morgan fingerprint density at radius 1 is 1.22 bits per heavy atom. The third-order valence-corrected chi connectivity index (χ3v) is 3.37. The molecule has 2 heteroatoms. The molecule has 0 unspecified atom stereocenters. The summed E-state index contributed by atoms with van der Waals surface area (Å²) in [6.45, 7) is 9.01. The molecule has 1 nitrogen and oxygen atoms in total. The van der Waals surface area contributed by atoms with E-state index in [4.69, 9.17) is 0 Å². The Morgan fingerprint density at radius 2 is 1.83 bits per heavy atom. The van der Waals surface area contributed by atoms with Crippen molar-refractivity contribution in [1.29, 1.82) is 0 Å². The lowest BCUT2D eigenvalue weighted by Gasteiger charge is -2.47. The molecule has 1 aromatic carbocycles. The summed E-state index contributed by atoms with van der Waals surface area (Å²) in [5.74, 6) is 6.77. The number of hydrogen-bond donors (Lipinski definition) is 0. The van der Waals surface area contributed by atoms with Gasteiger partial charge in [0.2, 0.25) is 0 Å². The van der Waals surface area contributed by atoms with Crippen molar-refractivity contribution in [3.63, 3.8) is 0 Å². The average molecular weight is 245 g/mol. The minimum atomic E-state index is -0.208. The Hall–Kier alpha value is -1.33. The largest absolute Gasteiger partial charge is 0.298 e. The fourth-order valence-corrected chi connectivity index (χ4v) is 2.08. The van der Waals surface area contributed by atoms with Crippen LogP contribution in [-0.2, 0) is 0 Å². The second-order valence-electron chi connectivity index (χ2n) is 5.95. The molecule has 0 aliphatic carbocycles. The monoisotopic (exact) mass is 245 g/mol. The molecule has 0 bridgehead atoms. The fourth-order valence-electron chi connectivity index (χ4n) is 2.08. The Morgan fingerprint density at radius 3 is 2.39 bits per heavy atom. The highest BCUT2D eigenvalue weighted by Crippen LogP contribution is 2.26. The van der Waals surface area contributed by atoms with Crippen molar-refractivity contribution in [2.24, 2.45) is 5.92 Å². The SMILES string of the molecule is CC(C)(C)N1CC(CC#Cc2ccc(F)cc2)C1.